The highest BCUT2D eigenvalue weighted by molar-refractivity contribution is 7.89. The van der Waals surface area contributed by atoms with Gasteiger partial charge in [-0.3, -0.25) is 9.78 Å². The molecule has 13 heteroatoms. The van der Waals surface area contributed by atoms with E-state index < -0.39 is 38.9 Å². The Morgan fingerprint density at radius 2 is 1.84 bits per heavy atom. The van der Waals surface area contributed by atoms with Crippen molar-refractivity contribution in [2.45, 2.75) is 39.0 Å². The van der Waals surface area contributed by atoms with Crippen molar-refractivity contribution in [3.8, 4) is 11.8 Å². The molecule has 0 aliphatic carbocycles. The van der Waals surface area contributed by atoms with Crippen molar-refractivity contribution in [1.29, 1.82) is 5.26 Å². The molecule has 0 saturated heterocycles. The number of ether oxygens (including phenoxy) is 1. The van der Waals surface area contributed by atoms with Crippen LogP contribution < -0.4 is 16.0 Å². The third kappa shape index (κ3) is 7.04. The number of hydrogen-bond donors (Lipinski definition) is 1. The second-order valence-electron chi connectivity index (χ2n) is 9.94. The summed E-state index contributed by atoms with van der Waals surface area (Å²) < 4.78 is 47.2. The summed E-state index contributed by atoms with van der Waals surface area (Å²) in [6.45, 7) is 4.97. The Morgan fingerprint density at radius 1 is 1.12 bits per heavy atom. The maximum Gasteiger partial charge on any atom is 0.342 e. The average molecular weight is 606 g/mol. The predicted molar refractivity (Wildman–Crippen MR) is 157 cm³/mol. The lowest BCUT2D eigenvalue weighted by Crippen LogP contribution is -2.41. The Morgan fingerprint density at radius 3 is 2.47 bits per heavy atom. The molecule has 2 aromatic heterocycles. The van der Waals surface area contributed by atoms with Crippen LogP contribution >= 0.6 is 0 Å². The predicted octanol–water partition coefficient (Wildman–Crippen LogP) is 3.73. The van der Waals surface area contributed by atoms with E-state index in [1.165, 1.54) is 19.2 Å². The maximum absolute atomic E-state index is 13.9. The normalized spacial score (nSPS) is 11.8. The van der Waals surface area contributed by atoms with Crippen molar-refractivity contribution < 1.29 is 22.4 Å². The van der Waals surface area contributed by atoms with Crippen molar-refractivity contribution in [2.24, 2.45) is 5.16 Å². The first-order chi connectivity index (χ1) is 20.4. The number of benzene rings is 2. The number of aromatic amines is 1. The van der Waals surface area contributed by atoms with Gasteiger partial charge in [0.25, 0.3) is 5.56 Å². The van der Waals surface area contributed by atoms with Crippen molar-refractivity contribution in [2.75, 3.05) is 7.11 Å². The van der Waals surface area contributed by atoms with Crippen LogP contribution in [0.15, 0.2) is 75.5 Å². The average Bonchev–Trinajstić information content (AvgIpc) is 2.94. The van der Waals surface area contributed by atoms with Crippen LogP contribution in [-0.2, 0) is 27.2 Å². The van der Waals surface area contributed by atoms with Crippen LogP contribution in [0.3, 0.4) is 0 Å². The number of H-pyrrole nitrogens is 1. The smallest absolute Gasteiger partial charge is 0.342 e. The molecule has 0 fully saturated rings. The van der Waals surface area contributed by atoms with Gasteiger partial charge in [-0.05, 0) is 72.0 Å². The van der Waals surface area contributed by atoms with E-state index in [2.05, 4.69) is 15.1 Å². The number of hydrogen-bond acceptors (Lipinski definition) is 9. The van der Waals surface area contributed by atoms with Gasteiger partial charge in [0, 0.05) is 17.3 Å². The monoisotopic (exact) mass is 605 g/mol. The molecular formula is C30H28FN5O6S. The second kappa shape index (κ2) is 12.8. The van der Waals surface area contributed by atoms with E-state index in [1.807, 2.05) is 6.07 Å². The molecule has 0 amide bonds. The minimum atomic E-state index is -4.60. The Bertz CT molecular complexity index is 1960. The molecule has 0 bridgehead atoms. The van der Waals surface area contributed by atoms with Gasteiger partial charge in [-0.2, -0.15) is 13.6 Å². The number of oxime groups is 1. The Balaban J connectivity index is 1.99. The maximum atomic E-state index is 13.9. The van der Waals surface area contributed by atoms with Gasteiger partial charge in [0.15, 0.2) is 0 Å². The van der Waals surface area contributed by atoms with Gasteiger partial charge in [0.05, 0.1) is 24.5 Å². The highest BCUT2D eigenvalue weighted by Gasteiger charge is 2.30. The minimum absolute atomic E-state index is 0.0270. The third-order valence-corrected chi connectivity index (χ3v) is 7.96. The van der Waals surface area contributed by atoms with Gasteiger partial charge in [-0.1, -0.05) is 31.1 Å². The summed E-state index contributed by atoms with van der Waals surface area (Å²) in [4.78, 5) is 37.7. The van der Waals surface area contributed by atoms with Crippen molar-refractivity contribution in [1.82, 2.24) is 13.9 Å². The Kier molecular flexibility index (Phi) is 9.21. The molecule has 43 heavy (non-hydrogen) atoms. The molecule has 0 saturated carbocycles. The van der Waals surface area contributed by atoms with E-state index in [4.69, 9.17) is 9.57 Å². The van der Waals surface area contributed by atoms with Crippen molar-refractivity contribution >= 4 is 15.7 Å². The quantitative estimate of drug-likeness (QED) is 0.163. The second-order valence-corrected chi connectivity index (χ2v) is 11.8. The number of nitrogens with one attached hydrogen (secondary N) is 1. The summed E-state index contributed by atoms with van der Waals surface area (Å²) in [7, 11) is -3.07. The van der Waals surface area contributed by atoms with Crippen LogP contribution in [0.5, 0.6) is 5.75 Å². The zero-order valence-electron chi connectivity index (χ0n) is 23.8. The largest absolute Gasteiger partial charge is 0.497 e. The molecule has 0 radical (unpaired) electrons. The van der Waals surface area contributed by atoms with E-state index in [-0.39, 0.29) is 40.3 Å². The van der Waals surface area contributed by atoms with Crippen LogP contribution in [0.4, 0.5) is 4.39 Å². The molecular weight excluding hydrogens is 577 g/mol. The van der Waals surface area contributed by atoms with Gasteiger partial charge >= 0.3 is 5.69 Å². The van der Waals surface area contributed by atoms with Crippen LogP contribution in [0.25, 0.3) is 0 Å². The van der Waals surface area contributed by atoms with Crippen LogP contribution in [0.2, 0.25) is 0 Å². The minimum Gasteiger partial charge on any atom is -0.497 e. The van der Waals surface area contributed by atoms with E-state index in [0.717, 1.165) is 12.3 Å². The highest BCUT2D eigenvalue weighted by Crippen LogP contribution is 2.23. The summed E-state index contributed by atoms with van der Waals surface area (Å²) >= 11 is 0. The first kappa shape index (κ1) is 30.9. The van der Waals surface area contributed by atoms with E-state index in [1.54, 1.807) is 57.2 Å². The summed E-state index contributed by atoms with van der Waals surface area (Å²) in [6, 6.07) is 15.9. The molecule has 0 atom stereocenters. The molecule has 0 spiro atoms. The number of methoxy groups -OCH3 is 1. The van der Waals surface area contributed by atoms with Gasteiger partial charge in [0.1, 0.15) is 23.8 Å². The summed E-state index contributed by atoms with van der Waals surface area (Å²) in [5.41, 5.74) is -0.776. The zero-order chi connectivity index (χ0) is 31.3. The fraction of sp³-hybridized carbons (Fsp3) is 0.233. The van der Waals surface area contributed by atoms with Gasteiger partial charge in [-0.25, -0.2) is 18.2 Å². The number of aromatic nitrogens is 3. The lowest BCUT2D eigenvalue weighted by molar-refractivity contribution is 0.130. The molecule has 2 heterocycles. The van der Waals surface area contributed by atoms with E-state index >= 15 is 0 Å². The van der Waals surface area contributed by atoms with Gasteiger partial charge in [0.2, 0.25) is 16.0 Å². The molecule has 0 aliphatic heterocycles. The van der Waals surface area contributed by atoms with Gasteiger partial charge < -0.3 is 9.57 Å². The highest BCUT2D eigenvalue weighted by atomic mass is 32.2. The van der Waals surface area contributed by atoms with Crippen LogP contribution in [-0.4, -0.2) is 35.2 Å². The van der Waals surface area contributed by atoms with Crippen molar-refractivity contribution in [3.63, 3.8) is 0 Å². The standard InChI is InChI=1S/C30H28FN5O6S/c1-18(2)26-28(36(30(38)34-29(26)37)43(39,40)17-21-9-10-33-25(31)14-21)27(23-12-19(3)11-22(13-23)15-32)35-42-16-20-5-7-24(41-4)8-6-20/h5-14,18H,16-17H2,1-4H3,(H,34,37,38). The van der Waals surface area contributed by atoms with E-state index in [9.17, 15) is 27.7 Å². The van der Waals surface area contributed by atoms with Gasteiger partial charge in [-0.15, -0.1) is 0 Å². The number of nitriles is 1. The molecule has 0 aliphatic rings. The number of pyridine rings is 1. The molecule has 2 aromatic carbocycles. The Hall–Kier alpha value is -5.09. The summed E-state index contributed by atoms with van der Waals surface area (Å²) in [5, 5.41) is 13.9. The fourth-order valence-electron chi connectivity index (χ4n) is 4.48. The first-order valence-electron chi connectivity index (χ1n) is 13.0. The molecule has 11 nitrogen and oxygen atoms in total. The molecule has 4 aromatic rings. The topological polar surface area (TPSA) is 156 Å². The SMILES string of the molecule is COc1ccc(CON=C(c2cc(C)cc(C#N)c2)c2c(C(C)C)c(=O)[nH]c(=O)n2S(=O)(=O)Cc2ccnc(F)c2)cc1. The number of rotatable bonds is 10. The van der Waals surface area contributed by atoms with Crippen LogP contribution in [0.1, 0.15) is 58.8 Å². The molecule has 222 valence electrons. The lowest BCUT2D eigenvalue weighted by Gasteiger charge is -2.20. The number of halogens is 1. The van der Waals surface area contributed by atoms with Crippen molar-refractivity contribution in [3.05, 3.63) is 127 Å². The molecule has 4 rings (SSSR count). The first-order valence-corrected chi connectivity index (χ1v) is 14.6. The third-order valence-electron chi connectivity index (χ3n) is 6.35. The number of aryl methyl sites for hydroxylation is 1. The number of nitrogens with zero attached hydrogens (tertiary/aromatic N) is 4. The zero-order valence-corrected chi connectivity index (χ0v) is 24.6. The summed E-state index contributed by atoms with van der Waals surface area (Å²) in [5.74, 6) is -1.65. The summed E-state index contributed by atoms with van der Waals surface area (Å²) in [6.07, 6.45) is 1.10. The Labute approximate surface area is 246 Å². The fourth-order valence-corrected chi connectivity index (χ4v) is 5.97. The molecule has 1 N–H and O–H groups in total. The van der Waals surface area contributed by atoms with E-state index in [0.29, 0.717) is 20.8 Å². The van der Waals surface area contributed by atoms with Crippen LogP contribution in [0, 0.1) is 24.2 Å². The molecule has 0 unspecified atom stereocenters. The lowest BCUT2D eigenvalue weighted by atomic mass is 9.95.